The molecule has 5 atom stereocenters. The van der Waals surface area contributed by atoms with Gasteiger partial charge in [0, 0.05) is 22.9 Å². The summed E-state index contributed by atoms with van der Waals surface area (Å²) in [6, 6.07) is 4.90. The lowest BCUT2D eigenvalue weighted by Crippen LogP contribution is -2.43. The monoisotopic (exact) mass is 580 g/mol. The Morgan fingerprint density at radius 1 is 1.12 bits per heavy atom. The molecule has 0 aromatic heterocycles. The Morgan fingerprint density at radius 3 is 2.12 bits per heavy atom. The molecule has 0 saturated carbocycles. The van der Waals surface area contributed by atoms with Crippen molar-refractivity contribution < 1.29 is 32.3 Å². The van der Waals surface area contributed by atoms with Crippen LogP contribution < -0.4 is 5.73 Å². The molecule has 2 aliphatic rings. The molecule has 3 rings (SSSR count). The number of halogens is 3. The molecule has 1 aromatic rings. The van der Waals surface area contributed by atoms with E-state index in [-0.39, 0.29) is 34.0 Å². The van der Waals surface area contributed by atoms with Crippen LogP contribution in [0.3, 0.4) is 0 Å². The number of benzene rings is 1. The molecular formula is C28H35F3N4O4S. The number of hydrogen-bond acceptors (Lipinski definition) is 6. The van der Waals surface area contributed by atoms with Gasteiger partial charge in [-0.05, 0) is 77.6 Å². The largest absolute Gasteiger partial charge is 0.444 e. The van der Waals surface area contributed by atoms with Gasteiger partial charge in [0.2, 0.25) is 0 Å². The number of carbonyl (C=O) groups excluding carboxylic acids is 3. The van der Waals surface area contributed by atoms with Crippen molar-refractivity contribution in [2.45, 2.75) is 101 Å². The number of hydrogen-bond donors (Lipinski definition) is 1. The number of ether oxygens (including phenoxy) is 1. The quantitative estimate of drug-likeness (QED) is 0.451. The number of amides is 3. The van der Waals surface area contributed by atoms with Gasteiger partial charge in [0.25, 0.3) is 11.1 Å². The molecule has 0 spiro atoms. The Morgan fingerprint density at radius 2 is 1.70 bits per heavy atom. The number of carbonyl (C=O) groups is 3. The van der Waals surface area contributed by atoms with Crippen molar-refractivity contribution in [1.29, 1.82) is 5.26 Å². The SMILES string of the molecule is C#CC1CCC(C#N)N1C(=O)SC1CC(C)N(C(=O)c2ccc(C(F)(F)F)cc2)C1CC.CC(C)(C)OC(N)=O. The zero-order valence-corrected chi connectivity index (χ0v) is 24.0. The van der Waals surface area contributed by atoms with E-state index in [0.29, 0.717) is 25.7 Å². The molecule has 1 aromatic carbocycles. The van der Waals surface area contributed by atoms with E-state index in [4.69, 9.17) is 12.2 Å². The first-order valence-electron chi connectivity index (χ1n) is 12.9. The van der Waals surface area contributed by atoms with Crippen LogP contribution in [0.25, 0.3) is 0 Å². The summed E-state index contributed by atoms with van der Waals surface area (Å²) in [5.41, 5.74) is 3.63. The van der Waals surface area contributed by atoms with Crippen molar-refractivity contribution in [1.82, 2.24) is 9.80 Å². The van der Waals surface area contributed by atoms with E-state index < -0.39 is 35.5 Å². The molecular weight excluding hydrogens is 545 g/mol. The maximum Gasteiger partial charge on any atom is 0.416 e. The maximum atomic E-state index is 13.1. The Hall–Kier alpha value is -3.38. The van der Waals surface area contributed by atoms with Gasteiger partial charge in [-0.15, -0.1) is 6.42 Å². The normalized spacial score (nSPS) is 24.4. The Labute approximate surface area is 237 Å². The zero-order valence-electron chi connectivity index (χ0n) is 23.2. The summed E-state index contributed by atoms with van der Waals surface area (Å²) in [5.74, 6) is 2.22. The maximum absolute atomic E-state index is 13.1. The van der Waals surface area contributed by atoms with Crippen molar-refractivity contribution in [3.63, 3.8) is 0 Å². The lowest BCUT2D eigenvalue weighted by atomic mass is 10.1. The van der Waals surface area contributed by atoms with Gasteiger partial charge >= 0.3 is 12.3 Å². The molecule has 0 radical (unpaired) electrons. The molecule has 2 saturated heterocycles. The number of primary amides is 1. The number of nitriles is 1. The van der Waals surface area contributed by atoms with Crippen molar-refractivity contribution in [3.8, 4) is 18.4 Å². The molecule has 8 nitrogen and oxygen atoms in total. The fourth-order valence-corrected chi connectivity index (χ4v) is 6.34. The fourth-order valence-electron chi connectivity index (χ4n) is 4.85. The highest BCUT2D eigenvalue weighted by atomic mass is 32.2. The molecule has 2 N–H and O–H groups in total. The van der Waals surface area contributed by atoms with E-state index >= 15 is 0 Å². The van der Waals surface area contributed by atoms with E-state index in [2.05, 4.69) is 16.7 Å². The summed E-state index contributed by atoms with van der Waals surface area (Å²) in [6.07, 6.45) is 2.61. The zero-order chi connectivity index (χ0) is 30.4. The lowest BCUT2D eigenvalue weighted by Gasteiger charge is -2.30. The van der Waals surface area contributed by atoms with E-state index in [1.54, 1.807) is 25.7 Å². The van der Waals surface area contributed by atoms with Crippen LogP contribution in [-0.4, -0.2) is 62.1 Å². The van der Waals surface area contributed by atoms with Crippen molar-refractivity contribution in [2.75, 3.05) is 0 Å². The van der Waals surface area contributed by atoms with Crippen LogP contribution in [0.1, 0.15) is 76.2 Å². The number of terminal acetylenes is 1. The summed E-state index contributed by atoms with van der Waals surface area (Å²) in [6.45, 7) is 9.06. The summed E-state index contributed by atoms with van der Waals surface area (Å²) >= 11 is 1.10. The predicted molar refractivity (Wildman–Crippen MR) is 146 cm³/mol. The number of thioether (sulfide) groups is 1. The number of nitrogens with two attached hydrogens (primary N) is 1. The van der Waals surface area contributed by atoms with Crippen molar-refractivity contribution in [2.24, 2.45) is 5.73 Å². The topological polar surface area (TPSA) is 117 Å². The number of nitrogens with zero attached hydrogens (tertiary/aromatic N) is 3. The second-order valence-electron chi connectivity index (χ2n) is 10.6. The molecule has 2 heterocycles. The number of likely N-dealkylation sites (tertiary alicyclic amines) is 2. The van der Waals surface area contributed by atoms with E-state index in [9.17, 15) is 32.8 Å². The second kappa shape index (κ2) is 13.3. The minimum absolute atomic E-state index is 0.178. The van der Waals surface area contributed by atoms with Crippen LogP contribution in [0, 0.1) is 23.7 Å². The number of alkyl halides is 3. The van der Waals surface area contributed by atoms with E-state index in [0.717, 1.165) is 23.9 Å². The second-order valence-corrected chi connectivity index (χ2v) is 11.8. The first-order valence-corrected chi connectivity index (χ1v) is 13.7. The molecule has 5 unspecified atom stereocenters. The smallest absolute Gasteiger partial charge is 0.416 e. The molecule has 12 heteroatoms. The van der Waals surface area contributed by atoms with Gasteiger partial charge in [-0.2, -0.15) is 18.4 Å². The minimum atomic E-state index is -4.47. The van der Waals surface area contributed by atoms with Gasteiger partial charge in [0.05, 0.1) is 17.7 Å². The Bertz CT molecular complexity index is 1130. The molecule has 2 aliphatic heterocycles. The highest BCUT2D eigenvalue weighted by Crippen LogP contribution is 2.39. The third-order valence-corrected chi connectivity index (χ3v) is 7.76. The van der Waals surface area contributed by atoms with Gasteiger partial charge in [-0.1, -0.05) is 24.6 Å². The van der Waals surface area contributed by atoms with E-state index in [1.807, 2.05) is 13.8 Å². The van der Waals surface area contributed by atoms with Gasteiger partial charge in [0.1, 0.15) is 11.6 Å². The first kappa shape index (κ1) is 32.8. The fraction of sp³-hybridized carbons (Fsp3) is 0.571. The standard InChI is InChI=1S/C23H24F3N3O2S.C5H11NO2/c1-4-17-10-11-18(13-27)29(17)22(31)32-20-12-14(3)28(19(20)5-2)21(30)15-6-8-16(9-7-15)23(24,25)26;1-5(2,3)8-4(6)7/h1,6-9,14,17-20H,5,10-12H2,2-3H3;1-3H3,(H2,6,7). The average Bonchev–Trinajstić information content (AvgIpc) is 3.41. The van der Waals surface area contributed by atoms with Crippen LogP contribution in [0.5, 0.6) is 0 Å². The first-order chi connectivity index (χ1) is 18.5. The van der Waals surface area contributed by atoms with Crippen LogP contribution in [0.4, 0.5) is 22.8 Å². The molecule has 3 amide bonds. The molecule has 218 valence electrons. The minimum Gasteiger partial charge on any atom is -0.444 e. The molecule has 0 aliphatic carbocycles. The Kier molecular flexibility index (Phi) is 10.9. The van der Waals surface area contributed by atoms with Gasteiger partial charge in [0.15, 0.2) is 0 Å². The summed E-state index contributed by atoms with van der Waals surface area (Å²) in [5, 5.41) is 8.90. The average molecular weight is 581 g/mol. The van der Waals surface area contributed by atoms with Crippen LogP contribution in [0.15, 0.2) is 24.3 Å². The van der Waals surface area contributed by atoms with Crippen molar-refractivity contribution in [3.05, 3.63) is 35.4 Å². The van der Waals surface area contributed by atoms with E-state index in [1.165, 1.54) is 17.0 Å². The highest BCUT2D eigenvalue weighted by molar-refractivity contribution is 8.14. The number of rotatable bonds is 3. The van der Waals surface area contributed by atoms with Crippen LogP contribution in [0.2, 0.25) is 0 Å². The predicted octanol–water partition coefficient (Wildman–Crippen LogP) is 5.81. The molecule has 40 heavy (non-hydrogen) atoms. The highest BCUT2D eigenvalue weighted by Gasteiger charge is 2.45. The van der Waals surface area contributed by atoms with Gasteiger partial charge < -0.3 is 20.3 Å². The van der Waals surface area contributed by atoms with Gasteiger partial charge in [-0.3, -0.25) is 9.59 Å². The third-order valence-electron chi connectivity index (χ3n) is 6.54. The third kappa shape index (κ3) is 8.31. The van der Waals surface area contributed by atoms with Crippen LogP contribution >= 0.6 is 11.8 Å². The molecule has 2 fully saturated rings. The van der Waals surface area contributed by atoms with Crippen LogP contribution in [-0.2, 0) is 10.9 Å². The molecule has 0 bridgehead atoms. The Balaban J connectivity index is 0.000000611. The summed E-state index contributed by atoms with van der Waals surface area (Å²) in [4.78, 5) is 39.3. The summed E-state index contributed by atoms with van der Waals surface area (Å²) in [7, 11) is 0. The van der Waals surface area contributed by atoms with Crippen molar-refractivity contribution >= 4 is 29.0 Å². The summed E-state index contributed by atoms with van der Waals surface area (Å²) < 4.78 is 43.1. The lowest BCUT2D eigenvalue weighted by molar-refractivity contribution is -0.137. The van der Waals surface area contributed by atoms with Gasteiger partial charge in [-0.25, -0.2) is 4.79 Å².